The highest BCUT2D eigenvalue weighted by Gasteiger charge is 2.24. The summed E-state index contributed by atoms with van der Waals surface area (Å²) in [5.74, 6) is -2.56. The standard InChI is InChI=1S/C11H14FNO2/c1-6-3-4-9(12)10(7(6)2)8(5-13)11(14)15/h3-4,8H,5,13H2,1-2H3,(H,14,15). The molecule has 1 aromatic rings. The lowest BCUT2D eigenvalue weighted by Gasteiger charge is -2.15. The number of halogens is 1. The van der Waals surface area contributed by atoms with Crippen LogP contribution in [0.1, 0.15) is 22.6 Å². The minimum absolute atomic E-state index is 0.101. The maximum atomic E-state index is 13.5. The van der Waals surface area contributed by atoms with Gasteiger partial charge in [-0.2, -0.15) is 0 Å². The van der Waals surface area contributed by atoms with Gasteiger partial charge in [-0.05, 0) is 31.0 Å². The van der Waals surface area contributed by atoms with E-state index in [4.69, 9.17) is 10.8 Å². The van der Waals surface area contributed by atoms with E-state index < -0.39 is 17.7 Å². The lowest BCUT2D eigenvalue weighted by atomic mass is 9.92. The Hall–Kier alpha value is -1.42. The summed E-state index contributed by atoms with van der Waals surface area (Å²) in [6, 6.07) is 2.91. The van der Waals surface area contributed by atoms with Gasteiger partial charge in [0.15, 0.2) is 0 Å². The molecule has 0 amide bonds. The highest BCUT2D eigenvalue weighted by Crippen LogP contribution is 2.25. The second-order valence-electron chi connectivity index (χ2n) is 3.53. The third-order valence-electron chi connectivity index (χ3n) is 2.61. The van der Waals surface area contributed by atoms with Gasteiger partial charge in [-0.3, -0.25) is 4.79 Å². The highest BCUT2D eigenvalue weighted by molar-refractivity contribution is 5.77. The lowest BCUT2D eigenvalue weighted by Crippen LogP contribution is -2.23. The van der Waals surface area contributed by atoms with Crippen molar-refractivity contribution in [3.05, 3.63) is 34.6 Å². The van der Waals surface area contributed by atoms with Gasteiger partial charge in [0.25, 0.3) is 0 Å². The van der Waals surface area contributed by atoms with E-state index in [1.54, 1.807) is 13.0 Å². The third kappa shape index (κ3) is 2.15. The number of nitrogens with two attached hydrogens (primary N) is 1. The van der Waals surface area contributed by atoms with Crippen LogP contribution in [0, 0.1) is 19.7 Å². The summed E-state index contributed by atoms with van der Waals surface area (Å²) in [6.45, 7) is 3.42. The van der Waals surface area contributed by atoms with E-state index in [0.717, 1.165) is 5.56 Å². The van der Waals surface area contributed by atoms with Crippen molar-refractivity contribution in [2.45, 2.75) is 19.8 Å². The second kappa shape index (κ2) is 4.40. The summed E-state index contributed by atoms with van der Waals surface area (Å²) < 4.78 is 13.5. The first-order valence-electron chi connectivity index (χ1n) is 4.67. The van der Waals surface area contributed by atoms with Crippen molar-refractivity contribution in [1.29, 1.82) is 0 Å². The van der Waals surface area contributed by atoms with E-state index >= 15 is 0 Å². The second-order valence-corrected chi connectivity index (χ2v) is 3.53. The molecule has 15 heavy (non-hydrogen) atoms. The fourth-order valence-corrected chi connectivity index (χ4v) is 1.57. The first kappa shape index (κ1) is 11.7. The predicted molar refractivity (Wildman–Crippen MR) is 55.3 cm³/mol. The van der Waals surface area contributed by atoms with E-state index in [1.807, 2.05) is 6.92 Å². The maximum absolute atomic E-state index is 13.5. The van der Waals surface area contributed by atoms with Gasteiger partial charge in [-0.1, -0.05) is 6.07 Å². The topological polar surface area (TPSA) is 63.3 Å². The van der Waals surface area contributed by atoms with Crippen LogP contribution in [-0.2, 0) is 4.79 Å². The zero-order valence-corrected chi connectivity index (χ0v) is 8.75. The molecule has 0 heterocycles. The van der Waals surface area contributed by atoms with Crippen molar-refractivity contribution in [3.8, 4) is 0 Å². The average molecular weight is 211 g/mol. The molecule has 0 saturated heterocycles. The van der Waals surface area contributed by atoms with Gasteiger partial charge in [0, 0.05) is 12.1 Å². The minimum Gasteiger partial charge on any atom is -0.481 e. The van der Waals surface area contributed by atoms with Crippen LogP contribution in [0.4, 0.5) is 4.39 Å². The quantitative estimate of drug-likeness (QED) is 0.797. The predicted octanol–water partition coefficient (Wildman–Crippen LogP) is 1.57. The number of carboxylic acids is 1. The van der Waals surface area contributed by atoms with E-state index in [0.29, 0.717) is 5.56 Å². The van der Waals surface area contributed by atoms with Crippen LogP contribution in [0.25, 0.3) is 0 Å². The molecule has 1 atom stereocenters. The summed E-state index contributed by atoms with van der Waals surface area (Å²) in [5.41, 5.74) is 7.07. The number of hydrogen-bond donors (Lipinski definition) is 2. The Bertz CT molecular complexity index is 390. The number of hydrogen-bond acceptors (Lipinski definition) is 2. The Morgan fingerprint density at radius 1 is 1.53 bits per heavy atom. The molecule has 0 saturated carbocycles. The molecule has 0 aliphatic rings. The molecule has 0 spiro atoms. The molecular weight excluding hydrogens is 197 g/mol. The molecular formula is C11H14FNO2. The zero-order chi connectivity index (χ0) is 11.6. The van der Waals surface area contributed by atoms with Crippen LogP contribution in [0.15, 0.2) is 12.1 Å². The molecule has 3 nitrogen and oxygen atoms in total. The van der Waals surface area contributed by atoms with Crippen LogP contribution in [0.5, 0.6) is 0 Å². The zero-order valence-electron chi connectivity index (χ0n) is 8.75. The van der Waals surface area contributed by atoms with Gasteiger partial charge < -0.3 is 10.8 Å². The molecule has 0 aliphatic carbocycles. The van der Waals surface area contributed by atoms with Gasteiger partial charge in [-0.15, -0.1) is 0 Å². The SMILES string of the molecule is Cc1ccc(F)c(C(CN)C(=O)O)c1C. The summed E-state index contributed by atoms with van der Waals surface area (Å²) in [4.78, 5) is 10.9. The first-order valence-corrected chi connectivity index (χ1v) is 4.67. The number of rotatable bonds is 3. The van der Waals surface area contributed by atoms with E-state index in [-0.39, 0.29) is 12.1 Å². The highest BCUT2D eigenvalue weighted by atomic mass is 19.1. The van der Waals surface area contributed by atoms with Gasteiger partial charge in [0.1, 0.15) is 5.82 Å². The van der Waals surface area contributed by atoms with E-state index in [1.165, 1.54) is 6.07 Å². The van der Waals surface area contributed by atoms with Crippen molar-refractivity contribution in [3.63, 3.8) is 0 Å². The van der Waals surface area contributed by atoms with Gasteiger partial charge in [0.2, 0.25) is 0 Å². The Labute approximate surface area is 87.7 Å². The molecule has 0 aromatic heterocycles. The summed E-state index contributed by atoms with van der Waals surface area (Å²) in [6.07, 6.45) is 0. The first-order chi connectivity index (χ1) is 6.99. The third-order valence-corrected chi connectivity index (χ3v) is 2.61. The average Bonchev–Trinajstić information content (AvgIpc) is 2.18. The fraction of sp³-hybridized carbons (Fsp3) is 0.364. The summed E-state index contributed by atoms with van der Waals surface area (Å²) in [7, 11) is 0. The molecule has 1 aromatic carbocycles. The molecule has 82 valence electrons. The van der Waals surface area contributed by atoms with E-state index in [2.05, 4.69) is 0 Å². The molecule has 0 bridgehead atoms. The molecule has 1 rings (SSSR count). The fourth-order valence-electron chi connectivity index (χ4n) is 1.57. The Balaban J connectivity index is 3.34. The largest absolute Gasteiger partial charge is 0.481 e. The Morgan fingerprint density at radius 3 is 2.60 bits per heavy atom. The van der Waals surface area contributed by atoms with Gasteiger partial charge in [-0.25, -0.2) is 4.39 Å². The van der Waals surface area contributed by atoms with Crippen molar-refractivity contribution >= 4 is 5.97 Å². The van der Waals surface area contributed by atoms with Crippen molar-refractivity contribution in [2.75, 3.05) is 6.54 Å². The monoisotopic (exact) mass is 211 g/mol. The van der Waals surface area contributed by atoms with Crippen LogP contribution in [0.2, 0.25) is 0 Å². The summed E-state index contributed by atoms with van der Waals surface area (Å²) >= 11 is 0. The van der Waals surface area contributed by atoms with Crippen LogP contribution >= 0.6 is 0 Å². The lowest BCUT2D eigenvalue weighted by molar-refractivity contribution is -0.138. The van der Waals surface area contributed by atoms with Crippen LogP contribution < -0.4 is 5.73 Å². The number of aryl methyl sites for hydroxylation is 1. The molecule has 1 unspecified atom stereocenters. The molecule has 0 aliphatic heterocycles. The molecule has 4 heteroatoms. The molecule has 0 radical (unpaired) electrons. The van der Waals surface area contributed by atoms with Crippen molar-refractivity contribution in [1.82, 2.24) is 0 Å². The van der Waals surface area contributed by atoms with Gasteiger partial charge in [0.05, 0.1) is 5.92 Å². The molecule has 0 fully saturated rings. The summed E-state index contributed by atoms with van der Waals surface area (Å²) in [5, 5.41) is 8.92. The van der Waals surface area contributed by atoms with Crippen LogP contribution in [0.3, 0.4) is 0 Å². The Morgan fingerprint density at radius 2 is 2.13 bits per heavy atom. The van der Waals surface area contributed by atoms with E-state index in [9.17, 15) is 9.18 Å². The number of benzene rings is 1. The van der Waals surface area contributed by atoms with Gasteiger partial charge >= 0.3 is 5.97 Å². The van der Waals surface area contributed by atoms with Crippen molar-refractivity contribution < 1.29 is 14.3 Å². The molecule has 3 N–H and O–H groups in total. The maximum Gasteiger partial charge on any atom is 0.312 e. The number of aliphatic carboxylic acids is 1. The minimum atomic E-state index is -1.09. The number of carboxylic acid groups (broad SMARTS) is 1. The normalized spacial score (nSPS) is 12.5. The smallest absolute Gasteiger partial charge is 0.312 e. The van der Waals surface area contributed by atoms with Crippen LogP contribution in [-0.4, -0.2) is 17.6 Å². The van der Waals surface area contributed by atoms with Crippen molar-refractivity contribution in [2.24, 2.45) is 5.73 Å². The number of carbonyl (C=O) groups is 1. The Kier molecular flexibility index (Phi) is 3.42.